The van der Waals surface area contributed by atoms with Crippen LogP contribution in [-0.4, -0.2) is 14.0 Å². The Morgan fingerprint density at radius 1 is 1.21 bits per heavy atom. The Bertz CT molecular complexity index is 563. The summed E-state index contributed by atoms with van der Waals surface area (Å²) in [7, 11) is -3.78. The van der Waals surface area contributed by atoms with Gasteiger partial charge in [0.25, 0.3) is 0 Å². The highest BCUT2D eigenvalue weighted by atomic mass is 32.2. The zero-order chi connectivity index (χ0) is 14.1. The van der Waals surface area contributed by atoms with Crippen LogP contribution >= 0.6 is 0 Å². The molecule has 0 spiro atoms. The van der Waals surface area contributed by atoms with E-state index in [1.165, 1.54) is 12.5 Å². The number of nitrogens with one attached hydrogen (secondary N) is 1. The van der Waals surface area contributed by atoms with Gasteiger partial charge in [0.05, 0.1) is 5.69 Å². The molecule has 2 rings (SSSR count). The molecule has 0 amide bonds. The first-order valence-corrected chi connectivity index (χ1v) is 8.05. The Balaban J connectivity index is 2.34. The van der Waals surface area contributed by atoms with Gasteiger partial charge < -0.3 is 11.1 Å². The zero-order valence-electron chi connectivity index (χ0n) is 11.1. The molecular formula is C13H21N3O2S. The molecule has 1 saturated carbocycles. The normalized spacial score (nSPS) is 19.1. The highest BCUT2D eigenvalue weighted by Gasteiger charge is 2.28. The van der Waals surface area contributed by atoms with E-state index >= 15 is 0 Å². The number of anilines is 2. The van der Waals surface area contributed by atoms with Crippen molar-refractivity contribution in [3.8, 4) is 0 Å². The summed E-state index contributed by atoms with van der Waals surface area (Å²) in [6.07, 6.45) is 5.61. The molecule has 0 aromatic heterocycles. The molecule has 1 fully saturated rings. The van der Waals surface area contributed by atoms with Crippen LogP contribution in [0.5, 0.6) is 0 Å². The number of sulfonamides is 1. The van der Waals surface area contributed by atoms with Crippen LogP contribution in [0.25, 0.3) is 0 Å². The summed E-state index contributed by atoms with van der Waals surface area (Å²) in [5.41, 5.74) is 6.50. The van der Waals surface area contributed by atoms with Crippen LogP contribution in [0, 0.1) is 0 Å². The second-order valence-electron chi connectivity index (χ2n) is 5.55. The van der Waals surface area contributed by atoms with Gasteiger partial charge in [0.1, 0.15) is 4.90 Å². The van der Waals surface area contributed by atoms with Crippen molar-refractivity contribution in [2.75, 3.05) is 11.1 Å². The van der Waals surface area contributed by atoms with Crippen LogP contribution < -0.4 is 16.2 Å². The number of primary sulfonamides is 1. The van der Waals surface area contributed by atoms with Crippen molar-refractivity contribution in [2.45, 2.75) is 49.5 Å². The van der Waals surface area contributed by atoms with Crippen molar-refractivity contribution < 1.29 is 8.42 Å². The van der Waals surface area contributed by atoms with Crippen molar-refractivity contribution in [2.24, 2.45) is 5.14 Å². The first-order valence-electron chi connectivity index (χ1n) is 6.51. The van der Waals surface area contributed by atoms with E-state index in [-0.39, 0.29) is 10.4 Å². The summed E-state index contributed by atoms with van der Waals surface area (Å²) in [5.74, 6) is 0. The number of hydrogen-bond donors (Lipinski definition) is 3. The Hall–Kier alpha value is -1.27. The van der Waals surface area contributed by atoms with Gasteiger partial charge in [0.2, 0.25) is 10.0 Å². The van der Waals surface area contributed by atoms with E-state index < -0.39 is 10.0 Å². The van der Waals surface area contributed by atoms with E-state index in [0.717, 1.165) is 25.7 Å². The van der Waals surface area contributed by atoms with Gasteiger partial charge in [-0.15, -0.1) is 0 Å². The molecule has 1 aromatic carbocycles. The standard InChI is InChI=1S/C13H21N3O2S/c1-13(7-3-2-4-8-13)16-11-6-5-10(14)9-12(11)19(15,17)18/h5-6,9,16H,2-4,7-8,14H2,1H3,(H2,15,17,18). The molecule has 1 aliphatic rings. The average Bonchev–Trinajstić information content (AvgIpc) is 2.31. The van der Waals surface area contributed by atoms with Crippen LogP contribution in [0.4, 0.5) is 11.4 Å². The van der Waals surface area contributed by atoms with E-state index in [1.807, 2.05) is 0 Å². The van der Waals surface area contributed by atoms with Crippen molar-refractivity contribution in [1.82, 2.24) is 0 Å². The highest BCUT2D eigenvalue weighted by Crippen LogP contribution is 2.33. The third kappa shape index (κ3) is 3.39. The van der Waals surface area contributed by atoms with Gasteiger partial charge >= 0.3 is 0 Å². The zero-order valence-corrected chi connectivity index (χ0v) is 12.0. The van der Waals surface area contributed by atoms with Crippen LogP contribution in [0.2, 0.25) is 0 Å². The van der Waals surface area contributed by atoms with Crippen LogP contribution in [0.1, 0.15) is 39.0 Å². The van der Waals surface area contributed by atoms with Crippen LogP contribution in [0.3, 0.4) is 0 Å². The molecule has 5 N–H and O–H groups in total. The molecular weight excluding hydrogens is 262 g/mol. The van der Waals surface area contributed by atoms with E-state index in [9.17, 15) is 8.42 Å². The van der Waals surface area contributed by atoms with Crippen LogP contribution in [0.15, 0.2) is 23.1 Å². The fourth-order valence-corrected chi connectivity index (χ4v) is 3.39. The molecule has 106 valence electrons. The van der Waals surface area contributed by atoms with Crippen molar-refractivity contribution in [3.63, 3.8) is 0 Å². The highest BCUT2D eigenvalue weighted by molar-refractivity contribution is 7.89. The minimum atomic E-state index is -3.78. The maximum absolute atomic E-state index is 11.6. The predicted octanol–water partition coefficient (Wildman–Crippen LogP) is 2.05. The number of nitrogen functional groups attached to an aromatic ring is 1. The Morgan fingerprint density at radius 2 is 1.84 bits per heavy atom. The first kappa shape index (κ1) is 14.1. The third-order valence-corrected chi connectivity index (χ3v) is 4.66. The average molecular weight is 283 g/mol. The van der Waals surface area contributed by atoms with Gasteiger partial charge in [-0.1, -0.05) is 19.3 Å². The summed E-state index contributed by atoms with van der Waals surface area (Å²) in [6.45, 7) is 2.12. The smallest absolute Gasteiger partial charge is 0.240 e. The summed E-state index contributed by atoms with van der Waals surface area (Å²) >= 11 is 0. The third-order valence-electron chi connectivity index (χ3n) is 3.71. The maximum Gasteiger partial charge on any atom is 0.240 e. The first-order chi connectivity index (χ1) is 8.80. The van der Waals surface area contributed by atoms with E-state index in [4.69, 9.17) is 10.9 Å². The van der Waals surface area contributed by atoms with Gasteiger partial charge in [-0.25, -0.2) is 13.6 Å². The van der Waals surface area contributed by atoms with Gasteiger partial charge in [-0.2, -0.15) is 0 Å². The van der Waals surface area contributed by atoms with Gasteiger partial charge in [-0.05, 0) is 38.0 Å². The minimum absolute atomic E-state index is 0.0688. The SMILES string of the molecule is CC1(Nc2ccc(N)cc2S(N)(=O)=O)CCCCC1. The predicted molar refractivity (Wildman–Crippen MR) is 77.3 cm³/mol. The van der Waals surface area contributed by atoms with Crippen molar-refractivity contribution in [3.05, 3.63) is 18.2 Å². The molecule has 0 aliphatic heterocycles. The fourth-order valence-electron chi connectivity index (χ4n) is 2.66. The van der Waals surface area contributed by atoms with Crippen molar-refractivity contribution in [1.29, 1.82) is 0 Å². The topological polar surface area (TPSA) is 98.2 Å². The van der Waals surface area contributed by atoms with E-state index in [1.54, 1.807) is 12.1 Å². The molecule has 0 saturated heterocycles. The number of hydrogen-bond acceptors (Lipinski definition) is 4. The lowest BCUT2D eigenvalue weighted by Crippen LogP contribution is -2.37. The van der Waals surface area contributed by atoms with Crippen LogP contribution in [-0.2, 0) is 10.0 Å². The molecule has 19 heavy (non-hydrogen) atoms. The van der Waals surface area contributed by atoms with Gasteiger partial charge in [0.15, 0.2) is 0 Å². The molecule has 1 aliphatic carbocycles. The minimum Gasteiger partial charge on any atom is -0.399 e. The molecule has 0 heterocycles. The molecule has 1 aromatic rings. The van der Waals surface area contributed by atoms with Gasteiger partial charge in [-0.3, -0.25) is 0 Å². The van der Waals surface area contributed by atoms with E-state index in [2.05, 4.69) is 12.2 Å². The Morgan fingerprint density at radius 3 is 2.42 bits per heavy atom. The molecule has 0 bridgehead atoms. The summed E-state index contributed by atoms with van der Waals surface area (Å²) in [6, 6.07) is 4.78. The molecule has 6 heteroatoms. The maximum atomic E-state index is 11.6. The quantitative estimate of drug-likeness (QED) is 0.739. The fraction of sp³-hybridized carbons (Fsp3) is 0.538. The lowest BCUT2D eigenvalue weighted by molar-refractivity contribution is 0.349. The summed E-state index contributed by atoms with van der Waals surface area (Å²) in [5, 5.41) is 8.60. The lowest BCUT2D eigenvalue weighted by atomic mass is 9.83. The summed E-state index contributed by atoms with van der Waals surface area (Å²) in [4.78, 5) is 0.0688. The number of rotatable bonds is 3. The van der Waals surface area contributed by atoms with E-state index in [0.29, 0.717) is 11.4 Å². The Labute approximate surface area is 114 Å². The molecule has 0 radical (unpaired) electrons. The number of nitrogens with two attached hydrogens (primary N) is 2. The molecule has 0 atom stereocenters. The Kier molecular flexibility index (Phi) is 3.73. The number of benzene rings is 1. The monoisotopic (exact) mass is 283 g/mol. The second kappa shape index (κ2) is 5.02. The molecule has 5 nitrogen and oxygen atoms in total. The lowest BCUT2D eigenvalue weighted by Gasteiger charge is -2.36. The largest absolute Gasteiger partial charge is 0.399 e. The summed E-state index contributed by atoms with van der Waals surface area (Å²) < 4.78 is 23.3. The molecule has 0 unspecified atom stereocenters. The van der Waals surface area contributed by atoms with Crippen molar-refractivity contribution >= 4 is 21.4 Å². The van der Waals surface area contributed by atoms with Gasteiger partial charge in [0, 0.05) is 11.2 Å². The second-order valence-corrected chi connectivity index (χ2v) is 7.08.